The fourth-order valence-electron chi connectivity index (χ4n) is 0.778. The molecule has 12 heavy (non-hydrogen) atoms. The molecule has 0 aliphatic heterocycles. The molecule has 1 aromatic rings. The van der Waals surface area contributed by atoms with Gasteiger partial charge in [-0.15, -0.1) is 0 Å². The molecule has 0 aliphatic carbocycles. The van der Waals surface area contributed by atoms with Crippen molar-refractivity contribution in [2.24, 2.45) is 0 Å². The Morgan fingerprint density at radius 3 is 2.83 bits per heavy atom. The molecule has 64 valence electrons. The first-order valence-electron chi connectivity index (χ1n) is 3.38. The van der Waals surface area contributed by atoms with Crippen molar-refractivity contribution in [3.63, 3.8) is 0 Å². The lowest BCUT2D eigenvalue weighted by molar-refractivity contribution is 0.341. The van der Waals surface area contributed by atoms with E-state index < -0.39 is 0 Å². The molecule has 3 heteroatoms. The van der Waals surface area contributed by atoms with E-state index in [4.69, 9.17) is 4.74 Å². The van der Waals surface area contributed by atoms with Gasteiger partial charge in [-0.3, -0.25) is 0 Å². The highest BCUT2D eigenvalue weighted by Gasteiger charge is 1.96. The first kappa shape index (κ1) is 9.26. The molecule has 0 N–H and O–H groups in total. The van der Waals surface area contributed by atoms with E-state index in [0.29, 0.717) is 0 Å². The molecule has 0 saturated carbocycles. The molecular formula is C9H8BrFO. The maximum atomic E-state index is 12.6. The number of halogens is 2. The molecule has 0 amide bonds. The molecule has 0 heterocycles. The molecule has 0 saturated heterocycles. The fraction of sp³-hybridized carbons (Fsp3) is 0.111. The summed E-state index contributed by atoms with van der Waals surface area (Å²) in [5.74, 6) is -0.253. The van der Waals surface area contributed by atoms with Gasteiger partial charge in [-0.2, -0.15) is 0 Å². The van der Waals surface area contributed by atoms with Crippen LogP contribution in [0.15, 0.2) is 28.9 Å². The smallest absolute Gasteiger partial charge is 0.124 e. The van der Waals surface area contributed by atoms with E-state index in [2.05, 4.69) is 15.9 Å². The van der Waals surface area contributed by atoms with Crippen molar-refractivity contribution in [2.45, 2.75) is 0 Å². The van der Waals surface area contributed by atoms with Crippen molar-refractivity contribution in [3.05, 3.63) is 40.3 Å². The van der Waals surface area contributed by atoms with Crippen LogP contribution in [-0.4, -0.2) is 7.11 Å². The van der Waals surface area contributed by atoms with Crippen LogP contribution in [0.4, 0.5) is 4.39 Å². The van der Waals surface area contributed by atoms with E-state index in [1.54, 1.807) is 19.3 Å². The average Bonchev–Trinajstić information content (AvgIpc) is 2.03. The number of hydrogen-bond acceptors (Lipinski definition) is 1. The number of benzene rings is 1. The second-order valence-corrected chi connectivity index (χ2v) is 3.06. The highest BCUT2D eigenvalue weighted by molar-refractivity contribution is 9.10. The lowest BCUT2D eigenvalue weighted by Crippen LogP contribution is -1.78. The van der Waals surface area contributed by atoms with Crippen molar-refractivity contribution < 1.29 is 9.13 Å². The summed E-state index contributed by atoms with van der Waals surface area (Å²) < 4.78 is 18.0. The van der Waals surface area contributed by atoms with E-state index in [1.807, 2.05) is 0 Å². The van der Waals surface area contributed by atoms with E-state index in [-0.39, 0.29) is 5.82 Å². The zero-order valence-electron chi connectivity index (χ0n) is 6.55. The summed E-state index contributed by atoms with van der Waals surface area (Å²) in [5, 5.41) is 0. The molecular weight excluding hydrogens is 223 g/mol. The molecule has 0 radical (unpaired) electrons. The van der Waals surface area contributed by atoms with Gasteiger partial charge in [0.1, 0.15) is 5.82 Å². The first-order chi connectivity index (χ1) is 5.74. The van der Waals surface area contributed by atoms with Crippen LogP contribution in [0.2, 0.25) is 0 Å². The lowest BCUT2D eigenvalue weighted by Gasteiger charge is -1.97. The predicted molar refractivity (Wildman–Crippen MR) is 50.1 cm³/mol. The van der Waals surface area contributed by atoms with Crippen LogP contribution in [0.3, 0.4) is 0 Å². The van der Waals surface area contributed by atoms with Gasteiger partial charge in [0.15, 0.2) is 0 Å². The van der Waals surface area contributed by atoms with Gasteiger partial charge >= 0.3 is 0 Å². The van der Waals surface area contributed by atoms with Crippen molar-refractivity contribution >= 4 is 22.0 Å². The van der Waals surface area contributed by atoms with Gasteiger partial charge in [-0.05, 0) is 23.8 Å². The standard InChI is InChI=1S/C9H8BrFO/c1-12-5-4-7-2-3-8(11)6-9(7)10/h2-6H,1H3. The van der Waals surface area contributed by atoms with Crippen LogP contribution in [0.25, 0.3) is 6.08 Å². The Morgan fingerprint density at radius 2 is 2.25 bits per heavy atom. The van der Waals surface area contributed by atoms with E-state index in [0.717, 1.165) is 10.0 Å². The Labute approximate surface area is 79.0 Å². The van der Waals surface area contributed by atoms with Crippen molar-refractivity contribution in [1.29, 1.82) is 0 Å². The van der Waals surface area contributed by atoms with Gasteiger partial charge < -0.3 is 4.74 Å². The van der Waals surface area contributed by atoms with Crippen molar-refractivity contribution in [3.8, 4) is 0 Å². The van der Waals surface area contributed by atoms with E-state index in [9.17, 15) is 4.39 Å². The van der Waals surface area contributed by atoms with Gasteiger partial charge in [-0.1, -0.05) is 22.0 Å². The summed E-state index contributed by atoms with van der Waals surface area (Å²) in [6, 6.07) is 4.49. The van der Waals surface area contributed by atoms with Crippen LogP contribution in [0.5, 0.6) is 0 Å². The van der Waals surface area contributed by atoms with Gasteiger partial charge in [0.05, 0.1) is 13.4 Å². The van der Waals surface area contributed by atoms with Crippen LogP contribution in [-0.2, 0) is 4.74 Å². The Bertz CT molecular complexity index is 297. The van der Waals surface area contributed by atoms with Gasteiger partial charge in [0, 0.05) is 4.47 Å². The minimum absolute atomic E-state index is 0.253. The Morgan fingerprint density at radius 1 is 1.50 bits per heavy atom. The first-order valence-corrected chi connectivity index (χ1v) is 4.17. The lowest BCUT2D eigenvalue weighted by atomic mass is 10.2. The zero-order valence-corrected chi connectivity index (χ0v) is 8.14. The third-order valence-corrected chi connectivity index (χ3v) is 2.03. The monoisotopic (exact) mass is 230 g/mol. The molecule has 1 nitrogen and oxygen atoms in total. The van der Waals surface area contributed by atoms with Crippen LogP contribution in [0.1, 0.15) is 5.56 Å². The summed E-state index contributed by atoms with van der Waals surface area (Å²) in [4.78, 5) is 0. The molecule has 0 aromatic heterocycles. The predicted octanol–water partition coefficient (Wildman–Crippen LogP) is 3.21. The van der Waals surface area contributed by atoms with Crippen LogP contribution >= 0.6 is 15.9 Å². The largest absolute Gasteiger partial charge is 0.504 e. The summed E-state index contributed by atoms with van der Waals surface area (Å²) in [5.41, 5.74) is 0.887. The maximum absolute atomic E-state index is 12.6. The summed E-state index contributed by atoms with van der Waals surface area (Å²) >= 11 is 3.23. The van der Waals surface area contributed by atoms with E-state index >= 15 is 0 Å². The van der Waals surface area contributed by atoms with Gasteiger partial charge in [0.25, 0.3) is 0 Å². The Hall–Kier alpha value is -0.830. The minimum atomic E-state index is -0.253. The highest BCUT2D eigenvalue weighted by atomic mass is 79.9. The van der Waals surface area contributed by atoms with Crippen molar-refractivity contribution in [2.75, 3.05) is 7.11 Å². The molecule has 0 aliphatic rings. The normalized spacial score (nSPS) is 10.6. The minimum Gasteiger partial charge on any atom is -0.504 e. The van der Waals surface area contributed by atoms with Crippen LogP contribution < -0.4 is 0 Å². The third kappa shape index (κ3) is 2.34. The molecule has 0 atom stereocenters. The molecule has 0 fully saturated rings. The summed E-state index contributed by atoms with van der Waals surface area (Å²) in [6.07, 6.45) is 3.29. The number of ether oxygens (including phenoxy) is 1. The average molecular weight is 231 g/mol. The topological polar surface area (TPSA) is 9.23 Å². The van der Waals surface area contributed by atoms with Crippen LogP contribution in [0, 0.1) is 5.82 Å². The molecule has 1 aromatic carbocycles. The zero-order chi connectivity index (χ0) is 8.97. The number of methoxy groups -OCH3 is 1. The second-order valence-electron chi connectivity index (χ2n) is 2.20. The molecule has 1 rings (SSSR count). The maximum Gasteiger partial charge on any atom is 0.124 e. The number of rotatable bonds is 2. The number of hydrogen-bond donors (Lipinski definition) is 0. The molecule has 0 bridgehead atoms. The third-order valence-electron chi connectivity index (χ3n) is 1.35. The van der Waals surface area contributed by atoms with Gasteiger partial charge in [-0.25, -0.2) is 4.39 Å². The Kier molecular flexibility index (Phi) is 3.29. The summed E-state index contributed by atoms with van der Waals surface area (Å²) in [6.45, 7) is 0. The molecule has 0 spiro atoms. The van der Waals surface area contributed by atoms with E-state index in [1.165, 1.54) is 18.4 Å². The second kappa shape index (κ2) is 4.26. The van der Waals surface area contributed by atoms with Gasteiger partial charge in [0.2, 0.25) is 0 Å². The highest BCUT2D eigenvalue weighted by Crippen LogP contribution is 2.19. The SMILES string of the molecule is COC=Cc1ccc(F)cc1Br. The fourth-order valence-corrected chi connectivity index (χ4v) is 1.26. The quantitative estimate of drug-likeness (QED) is 0.710. The van der Waals surface area contributed by atoms with Crippen molar-refractivity contribution in [1.82, 2.24) is 0 Å². The summed E-state index contributed by atoms with van der Waals surface area (Å²) in [7, 11) is 1.56. The Balaban J connectivity index is 2.94. The molecule has 0 unspecified atom stereocenters.